The first-order valence-corrected chi connectivity index (χ1v) is 9.72. The maximum atomic E-state index is 13.4. The van der Waals surface area contributed by atoms with Gasteiger partial charge in [-0.1, -0.05) is 6.07 Å². The number of hydrogen-bond donors (Lipinski definition) is 1. The Labute approximate surface area is 165 Å². The third-order valence-electron chi connectivity index (χ3n) is 4.77. The lowest BCUT2D eigenvalue weighted by Crippen LogP contribution is -2.41. The molecule has 0 unspecified atom stereocenters. The first kappa shape index (κ1) is 20.2. The van der Waals surface area contributed by atoms with Crippen molar-refractivity contribution in [1.29, 1.82) is 0 Å². The zero-order chi connectivity index (χ0) is 20.1. The summed E-state index contributed by atoms with van der Waals surface area (Å²) in [6, 6.07) is 6.71. The molecule has 7 heteroatoms. The van der Waals surface area contributed by atoms with E-state index in [1.165, 1.54) is 12.4 Å². The zero-order valence-corrected chi connectivity index (χ0v) is 16.6. The third-order valence-corrected chi connectivity index (χ3v) is 4.77. The van der Waals surface area contributed by atoms with Crippen LogP contribution >= 0.6 is 0 Å². The van der Waals surface area contributed by atoms with Crippen molar-refractivity contribution in [2.45, 2.75) is 64.5 Å². The number of halogens is 1. The van der Waals surface area contributed by atoms with Gasteiger partial charge in [-0.2, -0.15) is 4.39 Å². The molecule has 1 aliphatic carbocycles. The molecular weight excluding hydrogens is 359 g/mol. The first-order valence-electron chi connectivity index (χ1n) is 9.72. The van der Waals surface area contributed by atoms with Crippen molar-refractivity contribution >= 4 is 6.09 Å². The second-order valence-electron chi connectivity index (χ2n) is 8.31. The van der Waals surface area contributed by atoms with Crippen molar-refractivity contribution in [3.63, 3.8) is 0 Å². The number of alkyl carbamates (subject to hydrolysis) is 1. The third kappa shape index (κ3) is 5.97. The molecule has 3 rings (SSSR count). The van der Waals surface area contributed by atoms with Crippen LogP contribution in [0.2, 0.25) is 0 Å². The van der Waals surface area contributed by atoms with E-state index in [0.717, 1.165) is 37.8 Å². The average molecular weight is 386 g/mol. The number of nitrogens with one attached hydrogen (secondary N) is 1. The molecule has 1 aliphatic rings. The number of amides is 1. The zero-order valence-electron chi connectivity index (χ0n) is 16.6. The number of aromatic nitrogens is 3. The summed E-state index contributed by atoms with van der Waals surface area (Å²) >= 11 is 0. The van der Waals surface area contributed by atoms with Gasteiger partial charge in [-0.15, -0.1) is 0 Å². The molecule has 1 fully saturated rings. The quantitative estimate of drug-likeness (QED) is 0.793. The van der Waals surface area contributed by atoms with Crippen LogP contribution in [0, 0.1) is 11.9 Å². The van der Waals surface area contributed by atoms with E-state index in [2.05, 4.69) is 20.3 Å². The Kier molecular flexibility index (Phi) is 6.21. The van der Waals surface area contributed by atoms with Gasteiger partial charge in [-0.25, -0.2) is 19.7 Å². The molecule has 1 amide bonds. The minimum Gasteiger partial charge on any atom is -0.444 e. The van der Waals surface area contributed by atoms with Crippen molar-refractivity contribution in [1.82, 2.24) is 20.3 Å². The average Bonchev–Trinajstić information content (AvgIpc) is 2.62. The fraction of sp³-hybridized carbons (Fsp3) is 0.524. The summed E-state index contributed by atoms with van der Waals surface area (Å²) < 4.78 is 18.7. The van der Waals surface area contributed by atoms with Crippen LogP contribution in [0.15, 0.2) is 30.6 Å². The summed E-state index contributed by atoms with van der Waals surface area (Å²) in [6.45, 7) is 5.58. The van der Waals surface area contributed by atoms with Gasteiger partial charge < -0.3 is 10.1 Å². The number of pyridine rings is 1. The lowest BCUT2D eigenvalue weighted by atomic mass is 9.83. The highest BCUT2D eigenvalue weighted by Gasteiger charge is 2.25. The fourth-order valence-corrected chi connectivity index (χ4v) is 3.48. The fourth-order valence-electron chi connectivity index (χ4n) is 3.48. The van der Waals surface area contributed by atoms with Crippen molar-refractivity contribution in [2.75, 3.05) is 0 Å². The second-order valence-corrected chi connectivity index (χ2v) is 8.31. The SMILES string of the molecule is CC(C)(C)OC(=O)NC1CCC(Cc2cc(-c3cccc(F)n3)ncn2)CC1. The van der Waals surface area contributed by atoms with Crippen molar-refractivity contribution in [3.05, 3.63) is 42.2 Å². The van der Waals surface area contributed by atoms with Crippen molar-refractivity contribution in [3.8, 4) is 11.4 Å². The van der Waals surface area contributed by atoms with Crippen LogP contribution in [-0.4, -0.2) is 32.7 Å². The van der Waals surface area contributed by atoms with Gasteiger partial charge in [0.05, 0.1) is 11.4 Å². The van der Waals surface area contributed by atoms with Crippen LogP contribution in [0.5, 0.6) is 0 Å². The van der Waals surface area contributed by atoms with Crippen LogP contribution in [-0.2, 0) is 11.2 Å². The molecule has 0 radical (unpaired) electrons. The van der Waals surface area contributed by atoms with Crippen LogP contribution in [0.4, 0.5) is 9.18 Å². The van der Waals surface area contributed by atoms with E-state index in [-0.39, 0.29) is 12.1 Å². The van der Waals surface area contributed by atoms with Gasteiger partial charge in [0.1, 0.15) is 11.9 Å². The molecule has 6 nitrogen and oxygen atoms in total. The predicted octanol–water partition coefficient (Wildman–Crippen LogP) is 4.30. The van der Waals surface area contributed by atoms with Crippen molar-refractivity contribution < 1.29 is 13.9 Å². The maximum Gasteiger partial charge on any atom is 0.407 e. The van der Waals surface area contributed by atoms with Gasteiger partial charge in [0, 0.05) is 11.7 Å². The number of carbonyl (C=O) groups is 1. The summed E-state index contributed by atoms with van der Waals surface area (Å²) in [5.74, 6) is -0.0200. The minimum atomic E-state index is -0.520. The van der Waals surface area contributed by atoms with Crippen molar-refractivity contribution in [2.24, 2.45) is 5.92 Å². The molecule has 2 heterocycles. The lowest BCUT2D eigenvalue weighted by molar-refractivity contribution is 0.0487. The van der Waals surface area contributed by atoms with E-state index in [1.54, 1.807) is 12.1 Å². The molecule has 1 saturated carbocycles. The molecule has 2 aromatic rings. The normalized spacial score (nSPS) is 19.9. The lowest BCUT2D eigenvalue weighted by Gasteiger charge is -2.30. The number of carbonyl (C=O) groups excluding carboxylic acids is 1. The molecule has 0 aromatic carbocycles. The van der Waals surface area contributed by atoms with Gasteiger partial charge in [-0.05, 0) is 77.0 Å². The Bertz CT molecular complexity index is 814. The maximum absolute atomic E-state index is 13.4. The molecule has 0 atom stereocenters. The van der Waals surface area contributed by atoms with E-state index in [1.807, 2.05) is 26.8 Å². The summed E-state index contributed by atoms with van der Waals surface area (Å²) in [4.78, 5) is 24.4. The van der Waals surface area contributed by atoms with E-state index >= 15 is 0 Å². The van der Waals surface area contributed by atoms with Gasteiger partial charge in [-0.3, -0.25) is 0 Å². The van der Waals surface area contributed by atoms with Crippen LogP contribution < -0.4 is 5.32 Å². The summed E-state index contributed by atoms with van der Waals surface area (Å²) in [7, 11) is 0. The summed E-state index contributed by atoms with van der Waals surface area (Å²) in [5.41, 5.74) is 1.58. The Morgan fingerprint density at radius 1 is 1.18 bits per heavy atom. The standard InChI is InChI=1S/C21H27FN4O2/c1-21(2,3)28-20(27)25-15-9-7-14(8-10-15)11-16-12-18(24-13-23-16)17-5-4-6-19(22)26-17/h4-6,12-15H,7-11H2,1-3H3,(H,25,27). The monoisotopic (exact) mass is 386 g/mol. The minimum absolute atomic E-state index is 0.156. The molecule has 2 aromatic heterocycles. The Morgan fingerprint density at radius 3 is 2.61 bits per heavy atom. The Morgan fingerprint density at radius 2 is 1.93 bits per heavy atom. The molecule has 150 valence electrons. The van der Waals surface area contributed by atoms with E-state index in [4.69, 9.17) is 4.74 Å². The molecule has 0 saturated heterocycles. The van der Waals surface area contributed by atoms with E-state index in [9.17, 15) is 9.18 Å². The molecule has 1 N–H and O–H groups in total. The van der Waals surface area contributed by atoms with Crippen LogP contribution in [0.3, 0.4) is 0 Å². The number of hydrogen-bond acceptors (Lipinski definition) is 5. The van der Waals surface area contributed by atoms with Gasteiger partial charge in [0.15, 0.2) is 0 Å². The molecule has 28 heavy (non-hydrogen) atoms. The van der Waals surface area contributed by atoms with Crippen LogP contribution in [0.25, 0.3) is 11.4 Å². The molecule has 0 bridgehead atoms. The molecular formula is C21H27FN4O2. The Hall–Kier alpha value is -2.57. The molecule has 0 spiro atoms. The topological polar surface area (TPSA) is 77.0 Å². The van der Waals surface area contributed by atoms with Crippen LogP contribution in [0.1, 0.15) is 52.1 Å². The number of nitrogens with zero attached hydrogens (tertiary/aromatic N) is 3. The highest BCUT2D eigenvalue weighted by molar-refractivity contribution is 5.68. The highest BCUT2D eigenvalue weighted by Crippen LogP contribution is 2.28. The summed E-state index contributed by atoms with van der Waals surface area (Å²) in [6.07, 6.45) is 5.87. The van der Waals surface area contributed by atoms with Gasteiger partial charge in [0.2, 0.25) is 5.95 Å². The van der Waals surface area contributed by atoms with E-state index in [0.29, 0.717) is 17.3 Å². The largest absolute Gasteiger partial charge is 0.444 e. The number of ether oxygens (including phenoxy) is 1. The Balaban J connectivity index is 1.52. The highest BCUT2D eigenvalue weighted by atomic mass is 19.1. The second kappa shape index (κ2) is 8.63. The first-order chi connectivity index (χ1) is 13.3. The summed E-state index contributed by atoms with van der Waals surface area (Å²) in [5, 5.41) is 2.97. The van der Waals surface area contributed by atoms with Gasteiger partial charge >= 0.3 is 6.09 Å². The predicted molar refractivity (Wildman–Crippen MR) is 104 cm³/mol. The number of rotatable bonds is 4. The molecule has 0 aliphatic heterocycles. The van der Waals surface area contributed by atoms with E-state index < -0.39 is 11.5 Å². The smallest absolute Gasteiger partial charge is 0.407 e. The van der Waals surface area contributed by atoms with Gasteiger partial charge in [0.25, 0.3) is 0 Å².